The summed E-state index contributed by atoms with van der Waals surface area (Å²) in [7, 11) is 0. The second-order valence-electron chi connectivity index (χ2n) is 3.02. The number of carbonyl (C=O) groups is 1. The molecule has 0 unspecified atom stereocenters. The van der Waals surface area contributed by atoms with Crippen molar-refractivity contribution < 1.29 is 4.79 Å². The lowest BCUT2D eigenvalue weighted by atomic mass is 10.2. The van der Waals surface area contributed by atoms with Crippen molar-refractivity contribution in [3.05, 3.63) is 17.5 Å². The zero-order valence-electron chi connectivity index (χ0n) is 7.74. The van der Waals surface area contributed by atoms with Gasteiger partial charge in [-0.05, 0) is 20.3 Å². The average Bonchev–Trinajstić information content (AvgIpc) is 2.45. The Morgan fingerprint density at radius 1 is 1.75 bits per heavy atom. The second-order valence-corrected chi connectivity index (χ2v) is 3.02. The van der Waals surface area contributed by atoms with Gasteiger partial charge in [-0.15, -0.1) is 0 Å². The van der Waals surface area contributed by atoms with Gasteiger partial charge in [-0.25, -0.2) is 0 Å². The molecule has 0 bridgehead atoms. The molecule has 0 aliphatic carbocycles. The number of aromatic nitrogens is 2. The number of nitrogens with zero attached hydrogens (tertiary/aromatic N) is 2. The highest BCUT2D eigenvalue weighted by molar-refractivity contribution is 5.75. The molecule has 3 nitrogen and oxygen atoms in total. The van der Waals surface area contributed by atoms with E-state index in [0.717, 1.165) is 18.4 Å². The monoisotopic (exact) mass is 166 g/mol. The molecule has 0 saturated heterocycles. The summed E-state index contributed by atoms with van der Waals surface area (Å²) in [4.78, 5) is 10.5. The molecule has 66 valence electrons. The number of carbonyl (C=O) groups excluding carboxylic acids is 1. The lowest BCUT2D eigenvalue weighted by Crippen LogP contribution is -2.03. The minimum absolute atomic E-state index is 0.373. The summed E-state index contributed by atoms with van der Waals surface area (Å²) < 4.78 is 1.85. The van der Waals surface area contributed by atoms with Gasteiger partial charge in [0, 0.05) is 12.2 Å². The number of hydrogen-bond donors (Lipinski definition) is 0. The highest BCUT2D eigenvalue weighted by Crippen LogP contribution is 2.11. The summed E-state index contributed by atoms with van der Waals surface area (Å²) in [6.07, 6.45) is 3.68. The fraction of sp³-hybridized carbons (Fsp3) is 0.556. The summed E-state index contributed by atoms with van der Waals surface area (Å²) in [5.41, 5.74) is 1.50. The summed E-state index contributed by atoms with van der Waals surface area (Å²) in [6.45, 7) is 6.03. The van der Waals surface area contributed by atoms with Crippen LogP contribution in [0.5, 0.6) is 0 Å². The van der Waals surface area contributed by atoms with Crippen LogP contribution in [-0.2, 0) is 0 Å². The quantitative estimate of drug-likeness (QED) is 0.643. The van der Waals surface area contributed by atoms with Crippen molar-refractivity contribution in [1.82, 2.24) is 9.78 Å². The summed E-state index contributed by atoms with van der Waals surface area (Å²) >= 11 is 0. The van der Waals surface area contributed by atoms with Crippen molar-refractivity contribution >= 4 is 6.29 Å². The molecular weight excluding hydrogens is 152 g/mol. The van der Waals surface area contributed by atoms with E-state index in [1.807, 2.05) is 11.6 Å². The molecule has 12 heavy (non-hydrogen) atoms. The smallest absolute Gasteiger partial charge is 0.153 e. The first-order chi connectivity index (χ1) is 5.69. The Hall–Kier alpha value is -1.12. The molecule has 0 saturated carbocycles. The van der Waals surface area contributed by atoms with Gasteiger partial charge in [-0.2, -0.15) is 5.10 Å². The topological polar surface area (TPSA) is 34.9 Å². The van der Waals surface area contributed by atoms with E-state index in [4.69, 9.17) is 0 Å². The summed E-state index contributed by atoms with van der Waals surface area (Å²) in [5.74, 6) is 0. The van der Waals surface area contributed by atoms with E-state index in [1.54, 1.807) is 6.20 Å². The van der Waals surface area contributed by atoms with E-state index in [1.165, 1.54) is 0 Å². The Balaban J connectivity index is 2.96. The minimum Gasteiger partial charge on any atom is -0.298 e. The molecule has 0 aliphatic rings. The van der Waals surface area contributed by atoms with Crippen LogP contribution in [-0.4, -0.2) is 16.1 Å². The zero-order valence-corrected chi connectivity index (χ0v) is 7.74. The first-order valence-electron chi connectivity index (χ1n) is 4.20. The zero-order chi connectivity index (χ0) is 9.14. The third-order valence-electron chi connectivity index (χ3n) is 2.12. The highest BCUT2D eigenvalue weighted by Gasteiger charge is 2.06. The first-order valence-corrected chi connectivity index (χ1v) is 4.20. The van der Waals surface area contributed by atoms with E-state index in [2.05, 4.69) is 18.9 Å². The van der Waals surface area contributed by atoms with Crippen molar-refractivity contribution in [3.63, 3.8) is 0 Å². The van der Waals surface area contributed by atoms with Crippen LogP contribution in [0, 0.1) is 6.92 Å². The van der Waals surface area contributed by atoms with Gasteiger partial charge in [-0.3, -0.25) is 9.48 Å². The van der Waals surface area contributed by atoms with Crippen LogP contribution in [0.2, 0.25) is 0 Å². The molecule has 1 aromatic rings. The largest absolute Gasteiger partial charge is 0.298 e. The maximum atomic E-state index is 10.5. The van der Waals surface area contributed by atoms with Gasteiger partial charge in [0.15, 0.2) is 6.29 Å². The predicted molar refractivity (Wildman–Crippen MR) is 47.4 cm³/mol. The second kappa shape index (κ2) is 3.52. The van der Waals surface area contributed by atoms with Crippen LogP contribution in [0.3, 0.4) is 0 Å². The molecule has 0 amide bonds. The normalized spacial score (nSPS) is 12.9. The maximum absolute atomic E-state index is 10.5. The molecule has 1 atom stereocenters. The predicted octanol–water partition coefficient (Wildman–Crippen LogP) is 1.98. The van der Waals surface area contributed by atoms with Crippen molar-refractivity contribution in [1.29, 1.82) is 0 Å². The van der Waals surface area contributed by atoms with Crippen molar-refractivity contribution in [2.75, 3.05) is 0 Å². The van der Waals surface area contributed by atoms with Gasteiger partial charge in [0.1, 0.15) is 0 Å². The van der Waals surface area contributed by atoms with Gasteiger partial charge in [0.25, 0.3) is 0 Å². The third-order valence-corrected chi connectivity index (χ3v) is 2.12. The van der Waals surface area contributed by atoms with Crippen LogP contribution in [0.25, 0.3) is 0 Å². The molecular formula is C9H14N2O. The lowest BCUT2D eigenvalue weighted by molar-refractivity contribution is 0.112. The Morgan fingerprint density at radius 2 is 2.42 bits per heavy atom. The Morgan fingerprint density at radius 3 is 2.83 bits per heavy atom. The van der Waals surface area contributed by atoms with E-state index in [0.29, 0.717) is 11.6 Å². The van der Waals surface area contributed by atoms with Crippen molar-refractivity contribution in [3.8, 4) is 0 Å². The van der Waals surface area contributed by atoms with Crippen LogP contribution < -0.4 is 0 Å². The third kappa shape index (κ3) is 1.55. The molecule has 0 aromatic carbocycles. The van der Waals surface area contributed by atoms with Gasteiger partial charge < -0.3 is 0 Å². The molecule has 1 rings (SSSR count). The number of hydrogen-bond acceptors (Lipinski definition) is 2. The van der Waals surface area contributed by atoms with Crippen LogP contribution >= 0.6 is 0 Å². The highest BCUT2D eigenvalue weighted by atomic mass is 16.1. The van der Waals surface area contributed by atoms with E-state index in [9.17, 15) is 4.79 Å². The molecule has 1 heterocycles. The van der Waals surface area contributed by atoms with E-state index in [-0.39, 0.29) is 0 Å². The van der Waals surface area contributed by atoms with Gasteiger partial charge in [0.2, 0.25) is 0 Å². The number of rotatable bonds is 3. The van der Waals surface area contributed by atoms with E-state index >= 15 is 0 Å². The van der Waals surface area contributed by atoms with Crippen LogP contribution in [0.4, 0.5) is 0 Å². The number of aldehydes is 1. The molecule has 0 spiro atoms. The Bertz CT molecular complexity index is 278. The molecule has 3 heteroatoms. The summed E-state index contributed by atoms with van der Waals surface area (Å²) in [6, 6.07) is 0.373. The Labute approximate surface area is 72.4 Å². The molecule has 0 radical (unpaired) electrons. The minimum atomic E-state index is 0.373. The molecule has 0 aliphatic heterocycles. The molecule has 0 N–H and O–H groups in total. The Kier molecular flexibility index (Phi) is 2.63. The summed E-state index contributed by atoms with van der Waals surface area (Å²) in [5, 5.41) is 4.24. The van der Waals surface area contributed by atoms with Gasteiger partial charge in [0.05, 0.1) is 11.3 Å². The maximum Gasteiger partial charge on any atom is 0.153 e. The van der Waals surface area contributed by atoms with Crippen molar-refractivity contribution in [2.24, 2.45) is 0 Å². The fourth-order valence-corrected chi connectivity index (χ4v) is 1.02. The fourth-order valence-electron chi connectivity index (χ4n) is 1.02. The van der Waals surface area contributed by atoms with Gasteiger partial charge in [-0.1, -0.05) is 6.92 Å². The van der Waals surface area contributed by atoms with Crippen LogP contribution in [0.15, 0.2) is 6.20 Å². The number of aryl methyl sites for hydroxylation is 1. The lowest BCUT2D eigenvalue weighted by Gasteiger charge is -2.07. The van der Waals surface area contributed by atoms with E-state index < -0.39 is 0 Å². The van der Waals surface area contributed by atoms with Gasteiger partial charge >= 0.3 is 0 Å². The van der Waals surface area contributed by atoms with Crippen molar-refractivity contribution in [2.45, 2.75) is 33.2 Å². The average molecular weight is 166 g/mol. The molecule has 0 fully saturated rings. The molecule has 1 aromatic heterocycles. The standard InChI is InChI=1S/C9H14N2O/c1-4-7(2)11-5-9(6-12)8(3)10-11/h5-7H,4H2,1-3H3/t7-/m0/s1. The SMILES string of the molecule is CC[C@H](C)n1cc(C=O)c(C)n1. The first kappa shape index (κ1) is 8.97. The van der Waals surface area contributed by atoms with Crippen LogP contribution in [0.1, 0.15) is 42.4 Å².